The largest absolute Gasteiger partial charge is 0.486 e. The fraction of sp³-hybridized carbons (Fsp3) is 0.167. The Kier molecular flexibility index (Phi) is 7.09. The highest BCUT2D eigenvalue weighted by molar-refractivity contribution is 5.71. The molecule has 0 aliphatic carbocycles. The molecule has 0 fully saturated rings. The minimum absolute atomic E-state index is 0.00858. The monoisotopic (exact) mass is 432 g/mol. The molecule has 0 bridgehead atoms. The molecule has 0 saturated heterocycles. The van der Waals surface area contributed by atoms with Gasteiger partial charge in [0.25, 0.3) is 0 Å². The molecule has 3 rings (SSSR count). The molecule has 0 amide bonds. The lowest BCUT2D eigenvalue weighted by molar-refractivity contribution is 0.189. The third-order valence-corrected chi connectivity index (χ3v) is 4.90. The Labute approximate surface area is 176 Å². The zero-order valence-electron chi connectivity index (χ0n) is 16.4. The third-order valence-electron chi connectivity index (χ3n) is 4.90. The van der Waals surface area contributed by atoms with Crippen molar-refractivity contribution in [2.24, 2.45) is 0 Å². The first-order valence-corrected chi connectivity index (χ1v) is 9.45. The summed E-state index contributed by atoms with van der Waals surface area (Å²) in [6.45, 7) is 2.42. The van der Waals surface area contributed by atoms with Crippen molar-refractivity contribution < 1.29 is 32.5 Å². The average Bonchev–Trinajstić information content (AvgIpc) is 2.79. The summed E-state index contributed by atoms with van der Waals surface area (Å²) in [5, 5.41) is 18.4. The van der Waals surface area contributed by atoms with Gasteiger partial charge in [0, 0.05) is 17.0 Å². The van der Waals surface area contributed by atoms with Crippen molar-refractivity contribution in [2.75, 3.05) is 19.8 Å². The summed E-state index contributed by atoms with van der Waals surface area (Å²) in [7, 11) is 0. The van der Waals surface area contributed by atoms with Gasteiger partial charge >= 0.3 is 0 Å². The number of halogens is 4. The molecule has 0 aliphatic rings. The minimum Gasteiger partial charge on any atom is -0.486 e. The Morgan fingerprint density at radius 3 is 1.77 bits per heavy atom. The van der Waals surface area contributed by atoms with E-state index in [1.807, 2.05) is 0 Å². The average molecular weight is 432 g/mol. The smallest absolute Gasteiger partial charge is 0.201 e. The van der Waals surface area contributed by atoms with Crippen LogP contribution in [0.3, 0.4) is 0 Å². The van der Waals surface area contributed by atoms with Crippen LogP contribution in [0.4, 0.5) is 17.6 Å². The van der Waals surface area contributed by atoms with Gasteiger partial charge in [-0.1, -0.05) is 49.1 Å². The van der Waals surface area contributed by atoms with E-state index >= 15 is 0 Å². The molecule has 31 heavy (non-hydrogen) atoms. The predicted molar refractivity (Wildman–Crippen MR) is 110 cm³/mol. The number of rotatable bonds is 8. The van der Waals surface area contributed by atoms with Crippen molar-refractivity contribution in [3.8, 4) is 28.0 Å². The van der Waals surface area contributed by atoms with Gasteiger partial charge in [0.15, 0.2) is 23.2 Å². The van der Waals surface area contributed by atoms with Crippen LogP contribution in [0.25, 0.3) is 22.3 Å². The first-order valence-electron chi connectivity index (χ1n) is 9.45. The molecule has 3 aromatic rings. The topological polar surface area (TPSA) is 49.7 Å². The molecule has 162 valence electrons. The van der Waals surface area contributed by atoms with E-state index in [0.29, 0.717) is 11.1 Å². The first kappa shape index (κ1) is 22.5. The van der Waals surface area contributed by atoms with Crippen LogP contribution in [0, 0.1) is 23.3 Å². The van der Waals surface area contributed by atoms with Crippen LogP contribution in [0.1, 0.15) is 11.5 Å². The minimum atomic E-state index is -1.15. The van der Waals surface area contributed by atoms with Gasteiger partial charge in [0.05, 0.1) is 13.2 Å². The quantitative estimate of drug-likeness (QED) is 0.380. The van der Waals surface area contributed by atoms with Crippen molar-refractivity contribution in [3.05, 3.63) is 90.0 Å². The Hall–Kier alpha value is -3.16. The lowest BCUT2D eigenvalue weighted by Crippen LogP contribution is -2.12. The molecular formula is C24H20F4O3. The molecule has 3 aromatic carbocycles. The fourth-order valence-electron chi connectivity index (χ4n) is 3.20. The molecule has 0 saturated carbocycles. The second-order valence-corrected chi connectivity index (χ2v) is 6.81. The molecule has 0 aromatic heterocycles. The van der Waals surface area contributed by atoms with Crippen LogP contribution in [-0.2, 0) is 0 Å². The summed E-state index contributed by atoms with van der Waals surface area (Å²) in [4.78, 5) is 0. The van der Waals surface area contributed by atoms with Crippen molar-refractivity contribution in [3.63, 3.8) is 0 Å². The highest BCUT2D eigenvalue weighted by atomic mass is 19.2. The van der Waals surface area contributed by atoms with E-state index < -0.39 is 42.4 Å². The van der Waals surface area contributed by atoms with Gasteiger partial charge in [-0.05, 0) is 28.8 Å². The summed E-state index contributed by atoms with van der Waals surface area (Å²) in [6, 6.07) is 11.2. The Morgan fingerprint density at radius 2 is 1.26 bits per heavy atom. The van der Waals surface area contributed by atoms with Gasteiger partial charge < -0.3 is 14.9 Å². The third kappa shape index (κ3) is 4.47. The molecule has 3 nitrogen and oxygen atoms in total. The summed E-state index contributed by atoms with van der Waals surface area (Å²) >= 11 is 0. The van der Waals surface area contributed by atoms with E-state index in [2.05, 4.69) is 6.58 Å². The maximum atomic E-state index is 14.6. The van der Waals surface area contributed by atoms with Crippen molar-refractivity contribution in [2.45, 2.75) is 5.92 Å². The molecule has 0 heterocycles. The van der Waals surface area contributed by atoms with Crippen LogP contribution in [0.15, 0.2) is 61.2 Å². The number of aliphatic hydroxyl groups excluding tert-OH is 2. The van der Waals surface area contributed by atoms with Gasteiger partial charge in [-0.2, -0.15) is 4.39 Å². The first-order chi connectivity index (χ1) is 14.9. The van der Waals surface area contributed by atoms with Crippen LogP contribution in [0.2, 0.25) is 0 Å². The van der Waals surface area contributed by atoms with E-state index in [1.54, 1.807) is 0 Å². The Bertz CT molecular complexity index is 1080. The van der Waals surface area contributed by atoms with Crippen LogP contribution in [-0.4, -0.2) is 30.0 Å². The molecule has 7 heteroatoms. The van der Waals surface area contributed by atoms with Gasteiger partial charge in [-0.25, -0.2) is 13.2 Å². The highest BCUT2D eigenvalue weighted by Gasteiger charge is 2.21. The predicted octanol–water partition coefficient (Wildman–Crippen LogP) is 5.21. The second-order valence-electron chi connectivity index (χ2n) is 6.81. The van der Waals surface area contributed by atoms with E-state index in [1.165, 1.54) is 54.6 Å². The summed E-state index contributed by atoms with van der Waals surface area (Å²) < 4.78 is 62.8. The van der Waals surface area contributed by atoms with Crippen molar-refractivity contribution in [1.29, 1.82) is 0 Å². The molecular weight excluding hydrogens is 412 g/mol. The molecule has 0 atom stereocenters. The Balaban J connectivity index is 1.93. The van der Waals surface area contributed by atoms with E-state index in [-0.39, 0.29) is 29.0 Å². The number of hydrogen-bond donors (Lipinski definition) is 2. The second kappa shape index (κ2) is 9.76. The van der Waals surface area contributed by atoms with Gasteiger partial charge in [0.1, 0.15) is 6.61 Å². The van der Waals surface area contributed by atoms with Gasteiger partial charge in [-0.15, -0.1) is 0 Å². The molecule has 0 radical (unpaired) electrons. The number of benzene rings is 3. The maximum Gasteiger partial charge on any atom is 0.201 e. The SMILES string of the molecule is C=CCOc1ccc(-c2ccc(-c3ccc(C(CO)CO)c(F)c3F)cc2)c(F)c1F. The lowest BCUT2D eigenvalue weighted by Gasteiger charge is -2.15. The highest BCUT2D eigenvalue weighted by Crippen LogP contribution is 2.33. The summed E-state index contributed by atoms with van der Waals surface area (Å²) in [6.07, 6.45) is 1.41. The molecule has 0 unspecified atom stereocenters. The summed E-state index contributed by atoms with van der Waals surface area (Å²) in [5.74, 6) is -5.66. The number of ether oxygens (including phenoxy) is 1. The van der Waals surface area contributed by atoms with E-state index in [0.717, 1.165) is 0 Å². The van der Waals surface area contributed by atoms with Crippen molar-refractivity contribution >= 4 is 0 Å². The zero-order chi connectivity index (χ0) is 22.5. The Morgan fingerprint density at radius 1 is 0.742 bits per heavy atom. The maximum absolute atomic E-state index is 14.6. The van der Waals surface area contributed by atoms with Crippen LogP contribution < -0.4 is 4.74 Å². The normalized spacial score (nSPS) is 11.1. The number of aliphatic hydroxyl groups is 2. The van der Waals surface area contributed by atoms with Crippen LogP contribution >= 0.6 is 0 Å². The molecule has 0 spiro atoms. The molecule has 0 aliphatic heterocycles. The molecule has 2 N–H and O–H groups in total. The van der Waals surface area contributed by atoms with Crippen LogP contribution in [0.5, 0.6) is 5.75 Å². The van der Waals surface area contributed by atoms with Gasteiger partial charge in [0.2, 0.25) is 5.82 Å². The fourth-order valence-corrected chi connectivity index (χ4v) is 3.20. The van der Waals surface area contributed by atoms with Crippen molar-refractivity contribution in [1.82, 2.24) is 0 Å². The number of hydrogen-bond acceptors (Lipinski definition) is 3. The van der Waals surface area contributed by atoms with E-state index in [4.69, 9.17) is 4.74 Å². The standard InChI is InChI=1S/C24H20F4O3/c1-2-11-31-20-10-9-18(23(27)24(20)28)15-5-3-14(4-6-15)17-7-8-19(16(12-29)13-30)22(26)21(17)25/h2-10,16,29-30H,1,11-13H2. The lowest BCUT2D eigenvalue weighted by atomic mass is 9.95. The summed E-state index contributed by atoms with van der Waals surface area (Å²) in [5.41, 5.74) is 0.490. The van der Waals surface area contributed by atoms with Gasteiger partial charge in [-0.3, -0.25) is 0 Å². The van der Waals surface area contributed by atoms with E-state index in [9.17, 15) is 27.8 Å². The zero-order valence-corrected chi connectivity index (χ0v) is 16.4.